The number of hydrogen-bond acceptors (Lipinski definition) is 3. The van der Waals surface area contributed by atoms with Crippen molar-refractivity contribution in [2.24, 2.45) is 0 Å². The maximum Gasteiger partial charge on any atom is 0.404 e. The zero-order chi connectivity index (χ0) is 12.8. The van der Waals surface area contributed by atoms with E-state index in [4.69, 9.17) is 21.4 Å². The van der Waals surface area contributed by atoms with Gasteiger partial charge in [0.1, 0.15) is 5.75 Å². The van der Waals surface area contributed by atoms with Crippen molar-refractivity contribution >= 4 is 23.7 Å². The van der Waals surface area contributed by atoms with Crippen molar-refractivity contribution in [3.8, 4) is 5.75 Å². The SMILES string of the molecule is C=CC(=O)Oc1ccc(CNC(=O)O)cc1Cl. The Hall–Kier alpha value is -2.01. The lowest BCUT2D eigenvalue weighted by atomic mass is 10.2. The molecule has 0 bridgehead atoms. The van der Waals surface area contributed by atoms with Crippen LogP contribution in [0.15, 0.2) is 30.9 Å². The largest absolute Gasteiger partial charge is 0.465 e. The molecule has 0 aliphatic heterocycles. The number of carbonyl (C=O) groups excluding carboxylic acids is 1. The molecule has 2 N–H and O–H groups in total. The van der Waals surface area contributed by atoms with Crippen LogP contribution < -0.4 is 10.1 Å². The number of ether oxygens (including phenoxy) is 1. The highest BCUT2D eigenvalue weighted by Crippen LogP contribution is 2.25. The lowest BCUT2D eigenvalue weighted by molar-refractivity contribution is -0.128. The number of carboxylic acid groups (broad SMARTS) is 1. The monoisotopic (exact) mass is 255 g/mol. The molecule has 0 atom stereocenters. The lowest BCUT2D eigenvalue weighted by Crippen LogP contribution is -2.19. The number of benzene rings is 1. The van der Waals surface area contributed by atoms with Gasteiger partial charge in [0, 0.05) is 12.6 Å². The maximum absolute atomic E-state index is 10.9. The van der Waals surface area contributed by atoms with Gasteiger partial charge >= 0.3 is 12.1 Å². The summed E-state index contributed by atoms with van der Waals surface area (Å²) in [6.07, 6.45) is -0.0979. The van der Waals surface area contributed by atoms with Gasteiger partial charge in [-0.25, -0.2) is 9.59 Å². The molecule has 0 radical (unpaired) electrons. The van der Waals surface area contributed by atoms with E-state index in [0.29, 0.717) is 5.56 Å². The molecule has 0 saturated carbocycles. The maximum atomic E-state index is 10.9. The zero-order valence-electron chi connectivity index (χ0n) is 8.77. The quantitative estimate of drug-likeness (QED) is 0.491. The Morgan fingerprint density at radius 3 is 2.76 bits per heavy atom. The molecule has 1 rings (SSSR count). The lowest BCUT2D eigenvalue weighted by Gasteiger charge is -2.06. The summed E-state index contributed by atoms with van der Waals surface area (Å²) in [5.41, 5.74) is 0.663. The van der Waals surface area contributed by atoms with Crippen LogP contribution in [0.4, 0.5) is 4.79 Å². The Bertz CT molecular complexity index is 459. The van der Waals surface area contributed by atoms with Crippen LogP contribution in [0.1, 0.15) is 5.56 Å². The molecule has 6 heteroatoms. The Labute approximate surface area is 103 Å². The predicted molar refractivity (Wildman–Crippen MR) is 62.1 cm³/mol. The second kappa shape index (κ2) is 5.91. The van der Waals surface area contributed by atoms with Gasteiger partial charge in [-0.15, -0.1) is 0 Å². The number of esters is 1. The number of hydrogen-bond donors (Lipinski definition) is 2. The summed E-state index contributed by atoms with van der Waals surface area (Å²) in [6.45, 7) is 3.39. The molecule has 0 aliphatic carbocycles. The predicted octanol–water partition coefficient (Wildman–Crippen LogP) is 2.20. The number of nitrogens with one attached hydrogen (secondary N) is 1. The minimum atomic E-state index is -1.12. The summed E-state index contributed by atoms with van der Waals surface area (Å²) in [5, 5.41) is 10.8. The molecule has 1 aromatic rings. The molecule has 1 amide bonds. The van der Waals surface area contributed by atoms with Gasteiger partial charge in [-0.1, -0.05) is 24.2 Å². The van der Waals surface area contributed by atoms with Crippen LogP contribution in [0.25, 0.3) is 0 Å². The molecular formula is C11H10ClNO4. The van der Waals surface area contributed by atoms with E-state index >= 15 is 0 Å². The molecule has 0 unspecified atom stereocenters. The minimum Gasteiger partial charge on any atom is -0.465 e. The fraction of sp³-hybridized carbons (Fsp3) is 0.0909. The van der Waals surface area contributed by atoms with Crippen LogP contribution in [0.3, 0.4) is 0 Å². The second-order valence-electron chi connectivity index (χ2n) is 3.05. The van der Waals surface area contributed by atoms with Gasteiger partial charge in [0.15, 0.2) is 0 Å². The molecule has 17 heavy (non-hydrogen) atoms. The Morgan fingerprint density at radius 1 is 1.53 bits per heavy atom. The molecule has 90 valence electrons. The molecule has 0 spiro atoms. The van der Waals surface area contributed by atoms with E-state index in [9.17, 15) is 9.59 Å². The number of halogens is 1. The van der Waals surface area contributed by atoms with Crippen molar-refractivity contribution in [1.82, 2.24) is 5.32 Å². The Kier molecular flexibility index (Phi) is 4.54. The van der Waals surface area contributed by atoms with Crippen molar-refractivity contribution in [3.05, 3.63) is 41.4 Å². The van der Waals surface area contributed by atoms with E-state index in [1.165, 1.54) is 12.1 Å². The van der Waals surface area contributed by atoms with Gasteiger partial charge in [-0.2, -0.15) is 0 Å². The smallest absolute Gasteiger partial charge is 0.404 e. The van der Waals surface area contributed by atoms with Gasteiger partial charge in [0.25, 0.3) is 0 Å². The summed E-state index contributed by atoms with van der Waals surface area (Å²) in [5.74, 6) is -0.404. The Morgan fingerprint density at radius 2 is 2.24 bits per heavy atom. The van der Waals surface area contributed by atoms with E-state index in [-0.39, 0.29) is 17.3 Å². The van der Waals surface area contributed by atoms with Gasteiger partial charge in [-0.05, 0) is 17.7 Å². The van der Waals surface area contributed by atoms with Gasteiger partial charge in [0.05, 0.1) is 5.02 Å². The molecule has 0 fully saturated rings. The van der Waals surface area contributed by atoms with Crippen LogP contribution in [-0.2, 0) is 11.3 Å². The second-order valence-corrected chi connectivity index (χ2v) is 3.46. The summed E-state index contributed by atoms with van der Waals surface area (Å²) in [6, 6.07) is 4.61. The van der Waals surface area contributed by atoms with E-state index in [1.54, 1.807) is 6.07 Å². The topological polar surface area (TPSA) is 75.6 Å². The number of rotatable bonds is 4. The minimum absolute atomic E-state index is 0.130. The fourth-order valence-corrected chi connectivity index (χ4v) is 1.31. The third-order valence-electron chi connectivity index (χ3n) is 1.82. The molecule has 1 aromatic carbocycles. The van der Waals surface area contributed by atoms with E-state index < -0.39 is 12.1 Å². The first-order chi connectivity index (χ1) is 8.02. The van der Waals surface area contributed by atoms with Crippen molar-refractivity contribution in [3.63, 3.8) is 0 Å². The summed E-state index contributed by atoms with van der Waals surface area (Å²) >= 11 is 5.86. The van der Waals surface area contributed by atoms with E-state index in [2.05, 4.69) is 11.9 Å². The highest BCUT2D eigenvalue weighted by Gasteiger charge is 2.06. The standard InChI is InChI=1S/C11H10ClNO4/c1-2-10(14)17-9-4-3-7(5-8(9)12)6-13-11(15)16/h2-5,13H,1,6H2,(H,15,16). The normalized spacial score (nSPS) is 9.47. The average molecular weight is 256 g/mol. The van der Waals surface area contributed by atoms with Crippen LogP contribution in [0.5, 0.6) is 5.75 Å². The molecular weight excluding hydrogens is 246 g/mol. The van der Waals surface area contributed by atoms with Crippen molar-refractivity contribution in [1.29, 1.82) is 0 Å². The van der Waals surface area contributed by atoms with Crippen LogP contribution >= 0.6 is 11.6 Å². The molecule has 0 heterocycles. The first-order valence-corrected chi connectivity index (χ1v) is 5.00. The van der Waals surface area contributed by atoms with Crippen molar-refractivity contribution < 1.29 is 19.4 Å². The number of carbonyl (C=O) groups is 2. The molecule has 0 saturated heterocycles. The summed E-state index contributed by atoms with van der Waals surface area (Å²) in [7, 11) is 0. The zero-order valence-corrected chi connectivity index (χ0v) is 9.53. The summed E-state index contributed by atoms with van der Waals surface area (Å²) in [4.78, 5) is 21.2. The van der Waals surface area contributed by atoms with E-state index in [0.717, 1.165) is 6.08 Å². The van der Waals surface area contributed by atoms with Crippen LogP contribution in [0.2, 0.25) is 5.02 Å². The van der Waals surface area contributed by atoms with E-state index in [1.807, 2.05) is 0 Å². The van der Waals surface area contributed by atoms with Gasteiger partial charge in [0.2, 0.25) is 0 Å². The fourth-order valence-electron chi connectivity index (χ4n) is 1.06. The number of amides is 1. The highest BCUT2D eigenvalue weighted by molar-refractivity contribution is 6.32. The first-order valence-electron chi connectivity index (χ1n) is 4.62. The van der Waals surface area contributed by atoms with Crippen LogP contribution in [0, 0.1) is 0 Å². The first kappa shape index (κ1) is 13.1. The average Bonchev–Trinajstić information content (AvgIpc) is 2.29. The van der Waals surface area contributed by atoms with Gasteiger partial charge < -0.3 is 15.2 Å². The summed E-state index contributed by atoms with van der Waals surface area (Å²) < 4.78 is 4.85. The van der Waals surface area contributed by atoms with Gasteiger partial charge in [-0.3, -0.25) is 0 Å². The Balaban J connectivity index is 2.75. The van der Waals surface area contributed by atoms with Crippen molar-refractivity contribution in [2.45, 2.75) is 6.54 Å². The van der Waals surface area contributed by atoms with Crippen molar-refractivity contribution in [2.75, 3.05) is 0 Å². The highest BCUT2D eigenvalue weighted by atomic mass is 35.5. The van der Waals surface area contributed by atoms with Crippen LogP contribution in [-0.4, -0.2) is 17.2 Å². The molecule has 5 nitrogen and oxygen atoms in total. The molecule has 0 aliphatic rings. The molecule has 0 aromatic heterocycles. The third kappa shape index (κ3) is 4.16. The third-order valence-corrected chi connectivity index (χ3v) is 2.11.